The lowest BCUT2D eigenvalue weighted by molar-refractivity contribution is -0.144. The zero-order chi connectivity index (χ0) is 16.1. The minimum Gasteiger partial charge on any atom is -0.263 e. The molecule has 0 fully saturated rings. The van der Waals surface area contributed by atoms with Gasteiger partial charge in [0.25, 0.3) is 0 Å². The molecule has 1 rings (SSSR count). The molecular formula is C16H27F3N2. The molecule has 0 amide bonds. The Hall–Kier alpha value is -1.00. The highest BCUT2D eigenvalue weighted by atomic mass is 19.4. The molecule has 21 heavy (non-hydrogen) atoms. The number of hydrogen-bond acceptors (Lipinski definition) is 1. The molecule has 0 spiro atoms. The van der Waals surface area contributed by atoms with Crippen molar-refractivity contribution in [1.82, 2.24) is 9.78 Å². The first-order valence-electron chi connectivity index (χ1n) is 7.86. The van der Waals surface area contributed by atoms with Crippen molar-refractivity contribution in [1.29, 1.82) is 0 Å². The molecule has 1 aromatic heterocycles. The fourth-order valence-corrected chi connectivity index (χ4v) is 2.94. The quantitative estimate of drug-likeness (QED) is 0.582. The lowest BCUT2D eigenvalue weighted by atomic mass is 9.74. The van der Waals surface area contributed by atoms with Gasteiger partial charge in [0, 0.05) is 12.6 Å². The van der Waals surface area contributed by atoms with Crippen LogP contribution in [0.3, 0.4) is 0 Å². The third-order valence-electron chi connectivity index (χ3n) is 4.27. The highest BCUT2D eigenvalue weighted by Crippen LogP contribution is 2.42. The van der Waals surface area contributed by atoms with Gasteiger partial charge in [-0.25, -0.2) is 0 Å². The maximum absolute atomic E-state index is 13.3. The molecule has 0 aliphatic carbocycles. The molecule has 0 aromatic carbocycles. The molecule has 1 atom stereocenters. The predicted octanol–water partition coefficient (Wildman–Crippen LogP) is 5.47. The number of rotatable bonds is 8. The lowest BCUT2D eigenvalue weighted by Crippen LogP contribution is -2.26. The van der Waals surface area contributed by atoms with Crippen molar-refractivity contribution in [3.8, 4) is 0 Å². The first kappa shape index (κ1) is 18.1. The number of unbranched alkanes of at least 4 members (excludes halogenated alkanes) is 3. The van der Waals surface area contributed by atoms with Crippen LogP contribution in [0.1, 0.15) is 77.0 Å². The summed E-state index contributed by atoms with van der Waals surface area (Å²) in [5.74, 6) is 0. The SMILES string of the molecule is CCCCCC(C)(CCCC)c1cnn(C)c1C(F)(F)F. The van der Waals surface area contributed by atoms with Crippen LogP contribution in [-0.4, -0.2) is 9.78 Å². The van der Waals surface area contributed by atoms with Gasteiger partial charge in [-0.1, -0.05) is 52.9 Å². The maximum Gasteiger partial charge on any atom is 0.433 e. The van der Waals surface area contributed by atoms with E-state index in [1.165, 1.54) is 13.2 Å². The molecule has 0 radical (unpaired) electrons. The monoisotopic (exact) mass is 304 g/mol. The summed E-state index contributed by atoms with van der Waals surface area (Å²) in [7, 11) is 1.37. The Kier molecular flexibility index (Phi) is 6.29. The van der Waals surface area contributed by atoms with Gasteiger partial charge in [0.1, 0.15) is 5.69 Å². The van der Waals surface area contributed by atoms with Gasteiger partial charge in [-0.2, -0.15) is 18.3 Å². The minimum absolute atomic E-state index is 0.363. The number of aryl methyl sites for hydroxylation is 1. The smallest absolute Gasteiger partial charge is 0.263 e. The van der Waals surface area contributed by atoms with Crippen molar-refractivity contribution in [2.45, 2.75) is 77.3 Å². The molecule has 5 heteroatoms. The van der Waals surface area contributed by atoms with E-state index in [1.54, 1.807) is 0 Å². The molecular weight excluding hydrogens is 277 g/mol. The van der Waals surface area contributed by atoms with Crippen LogP contribution in [-0.2, 0) is 18.6 Å². The van der Waals surface area contributed by atoms with Crippen LogP contribution in [0.25, 0.3) is 0 Å². The number of hydrogen-bond donors (Lipinski definition) is 0. The molecule has 2 nitrogen and oxygen atoms in total. The van der Waals surface area contributed by atoms with Crippen LogP contribution >= 0.6 is 0 Å². The summed E-state index contributed by atoms with van der Waals surface area (Å²) in [6, 6.07) is 0. The number of aromatic nitrogens is 2. The Morgan fingerprint density at radius 2 is 1.62 bits per heavy atom. The average Bonchev–Trinajstić information content (AvgIpc) is 2.79. The van der Waals surface area contributed by atoms with Crippen molar-refractivity contribution in [3.05, 3.63) is 17.5 Å². The van der Waals surface area contributed by atoms with E-state index >= 15 is 0 Å². The summed E-state index contributed by atoms with van der Waals surface area (Å²) >= 11 is 0. The summed E-state index contributed by atoms with van der Waals surface area (Å²) < 4.78 is 40.9. The van der Waals surface area contributed by atoms with Crippen molar-refractivity contribution in [3.63, 3.8) is 0 Å². The van der Waals surface area contributed by atoms with Crippen molar-refractivity contribution in [2.75, 3.05) is 0 Å². The zero-order valence-electron chi connectivity index (χ0n) is 13.6. The van der Waals surface area contributed by atoms with Gasteiger partial charge >= 0.3 is 6.18 Å². The van der Waals surface area contributed by atoms with E-state index in [9.17, 15) is 13.2 Å². The molecule has 122 valence electrons. The molecule has 1 heterocycles. The fraction of sp³-hybridized carbons (Fsp3) is 0.812. The van der Waals surface area contributed by atoms with Gasteiger partial charge in [0.05, 0.1) is 6.20 Å². The fourth-order valence-electron chi connectivity index (χ4n) is 2.94. The Balaban J connectivity index is 3.14. The Morgan fingerprint density at radius 3 is 2.14 bits per heavy atom. The number of nitrogens with zero attached hydrogens (tertiary/aromatic N) is 2. The van der Waals surface area contributed by atoms with Gasteiger partial charge in [0.2, 0.25) is 0 Å². The summed E-state index contributed by atoms with van der Waals surface area (Å²) in [5.41, 5.74) is -0.663. The van der Waals surface area contributed by atoms with Gasteiger partial charge in [-0.3, -0.25) is 4.68 Å². The maximum atomic E-state index is 13.3. The van der Waals surface area contributed by atoms with Crippen LogP contribution < -0.4 is 0 Å². The summed E-state index contributed by atoms with van der Waals surface area (Å²) in [5, 5.41) is 3.88. The zero-order valence-corrected chi connectivity index (χ0v) is 13.6. The normalized spacial score (nSPS) is 15.2. The van der Waals surface area contributed by atoms with Crippen molar-refractivity contribution < 1.29 is 13.2 Å². The van der Waals surface area contributed by atoms with E-state index in [2.05, 4.69) is 18.9 Å². The van der Waals surface area contributed by atoms with Crippen LogP contribution in [0.4, 0.5) is 13.2 Å². The van der Waals surface area contributed by atoms with Gasteiger partial charge in [-0.15, -0.1) is 0 Å². The standard InChI is InChI=1S/C16H27F3N2/c1-5-7-9-11-15(3,10-8-6-2)13-12-20-21(4)14(13)16(17,18)19/h12H,5-11H2,1-4H3. The van der Waals surface area contributed by atoms with Crippen LogP contribution in [0.5, 0.6) is 0 Å². The molecule has 0 bridgehead atoms. The van der Waals surface area contributed by atoms with E-state index in [0.29, 0.717) is 5.56 Å². The molecule has 0 aliphatic heterocycles. The second kappa shape index (κ2) is 7.32. The molecule has 0 aliphatic rings. The topological polar surface area (TPSA) is 17.8 Å². The molecule has 0 N–H and O–H groups in total. The second-order valence-corrected chi connectivity index (χ2v) is 6.15. The van der Waals surface area contributed by atoms with E-state index in [0.717, 1.165) is 49.6 Å². The highest BCUT2D eigenvalue weighted by Gasteiger charge is 2.42. The van der Waals surface area contributed by atoms with Gasteiger partial charge in [0.15, 0.2) is 0 Å². The van der Waals surface area contributed by atoms with Crippen molar-refractivity contribution in [2.24, 2.45) is 7.05 Å². The Labute approximate surface area is 125 Å². The molecule has 1 unspecified atom stereocenters. The van der Waals surface area contributed by atoms with Crippen LogP contribution in [0.2, 0.25) is 0 Å². The first-order chi connectivity index (χ1) is 9.76. The van der Waals surface area contributed by atoms with E-state index < -0.39 is 17.3 Å². The molecule has 1 aromatic rings. The predicted molar refractivity (Wildman–Crippen MR) is 79.2 cm³/mol. The molecule has 0 saturated carbocycles. The number of alkyl halides is 3. The highest BCUT2D eigenvalue weighted by molar-refractivity contribution is 5.29. The average molecular weight is 304 g/mol. The van der Waals surface area contributed by atoms with Crippen molar-refractivity contribution >= 4 is 0 Å². The molecule has 0 saturated heterocycles. The summed E-state index contributed by atoms with van der Waals surface area (Å²) in [4.78, 5) is 0. The summed E-state index contributed by atoms with van der Waals surface area (Å²) in [6.07, 6.45) is 3.66. The second-order valence-electron chi connectivity index (χ2n) is 6.15. The van der Waals surface area contributed by atoms with E-state index in [-0.39, 0.29) is 0 Å². The summed E-state index contributed by atoms with van der Waals surface area (Å²) in [6.45, 7) is 6.14. The van der Waals surface area contributed by atoms with Crippen LogP contribution in [0.15, 0.2) is 6.20 Å². The minimum atomic E-state index is -4.35. The van der Waals surface area contributed by atoms with Gasteiger partial charge < -0.3 is 0 Å². The van der Waals surface area contributed by atoms with E-state index in [1.807, 2.05) is 6.92 Å². The Bertz CT molecular complexity index is 437. The number of halogens is 3. The van der Waals surface area contributed by atoms with Crippen LogP contribution in [0, 0.1) is 0 Å². The third kappa shape index (κ3) is 4.48. The van der Waals surface area contributed by atoms with E-state index in [4.69, 9.17) is 0 Å². The largest absolute Gasteiger partial charge is 0.433 e. The first-order valence-corrected chi connectivity index (χ1v) is 7.86. The third-order valence-corrected chi connectivity index (χ3v) is 4.27. The lowest BCUT2D eigenvalue weighted by Gasteiger charge is -2.31. The van der Waals surface area contributed by atoms with Gasteiger partial charge in [-0.05, 0) is 18.3 Å². The Morgan fingerprint density at radius 1 is 1.05 bits per heavy atom.